The van der Waals surface area contributed by atoms with Crippen molar-refractivity contribution in [1.82, 2.24) is 14.8 Å². The number of aryl methyl sites for hydroxylation is 1. The summed E-state index contributed by atoms with van der Waals surface area (Å²) in [6.45, 7) is 3.56. The van der Waals surface area contributed by atoms with Gasteiger partial charge in [0, 0.05) is 12.6 Å². The standard InChI is InChI=1S/C19H17F3N4OS/c1-10-6-4-5-7-12(10)17-24-25-19(26(17)3)28-11(2)18(27)23-14-9-8-13(20)15(21)16(14)22/h4-9,11H,1-3H3,(H,23,27)/t11-/m0/s1. The summed E-state index contributed by atoms with van der Waals surface area (Å²) in [5.74, 6) is -4.31. The third-order valence-corrected chi connectivity index (χ3v) is 5.30. The van der Waals surface area contributed by atoms with Gasteiger partial charge in [-0.1, -0.05) is 36.0 Å². The molecule has 1 amide bonds. The predicted molar refractivity (Wildman–Crippen MR) is 101 cm³/mol. The Balaban J connectivity index is 1.75. The molecule has 1 N–H and O–H groups in total. The first-order valence-electron chi connectivity index (χ1n) is 8.36. The summed E-state index contributed by atoms with van der Waals surface area (Å²) < 4.78 is 41.8. The SMILES string of the molecule is Cc1ccccc1-c1nnc(S[C@@H](C)C(=O)Nc2ccc(F)c(F)c2F)n1C. The van der Waals surface area contributed by atoms with Crippen LogP contribution in [0, 0.1) is 24.4 Å². The lowest BCUT2D eigenvalue weighted by molar-refractivity contribution is -0.115. The van der Waals surface area contributed by atoms with Crippen LogP contribution in [0.2, 0.25) is 0 Å². The molecule has 0 spiro atoms. The quantitative estimate of drug-likeness (QED) is 0.506. The molecule has 3 rings (SSSR count). The van der Waals surface area contributed by atoms with E-state index in [1.807, 2.05) is 31.2 Å². The molecule has 1 aromatic heterocycles. The Bertz CT molecular complexity index is 1040. The van der Waals surface area contributed by atoms with Gasteiger partial charge in [-0.3, -0.25) is 4.79 Å². The monoisotopic (exact) mass is 406 g/mol. The smallest absolute Gasteiger partial charge is 0.237 e. The van der Waals surface area contributed by atoms with Crippen LogP contribution in [0.15, 0.2) is 41.6 Å². The molecule has 1 heterocycles. The molecule has 0 fully saturated rings. The first-order chi connectivity index (χ1) is 13.3. The maximum Gasteiger partial charge on any atom is 0.237 e. The van der Waals surface area contributed by atoms with E-state index >= 15 is 0 Å². The van der Waals surface area contributed by atoms with E-state index in [1.54, 1.807) is 18.5 Å². The summed E-state index contributed by atoms with van der Waals surface area (Å²) in [6.07, 6.45) is 0. The van der Waals surface area contributed by atoms with Gasteiger partial charge in [0.25, 0.3) is 0 Å². The van der Waals surface area contributed by atoms with Crippen molar-refractivity contribution < 1.29 is 18.0 Å². The van der Waals surface area contributed by atoms with Crippen LogP contribution in [-0.4, -0.2) is 25.9 Å². The average Bonchev–Trinajstić information content (AvgIpc) is 3.02. The van der Waals surface area contributed by atoms with Crippen LogP contribution in [0.1, 0.15) is 12.5 Å². The van der Waals surface area contributed by atoms with Crippen molar-refractivity contribution in [3.8, 4) is 11.4 Å². The van der Waals surface area contributed by atoms with Gasteiger partial charge < -0.3 is 9.88 Å². The Labute approximate surface area is 164 Å². The number of nitrogens with zero attached hydrogens (tertiary/aromatic N) is 3. The van der Waals surface area contributed by atoms with Crippen LogP contribution in [-0.2, 0) is 11.8 Å². The van der Waals surface area contributed by atoms with Crippen LogP contribution in [0.5, 0.6) is 0 Å². The minimum atomic E-state index is -1.63. The molecule has 5 nitrogen and oxygen atoms in total. The van der Waals surface area contributed by atoms with E-state index in [9.17, 15) is 18.0 Å². The van der Waals surface area contributed by atoms with E-state index in [0.717, 1.165) is 35.0 Å². The lowest BCUT2D eigenvalue weighted by Gasteiger charge is -2.13. The van der Waals surface area contributed by atoms with E-state index in [4.69, 9.17) is 0 Å². The van der Waals surface area contributed by atoms with Crippen molar-refractivity contribution in [3.05, 3.63) is 59.4 Å². The fourth-order valence-electron chi connectivity index (χ4n) is 2.54. The number of benzene rings is 2. The molecule has 2 aromatic carbocycles. The van der Waals surface area contributed by atoms with E-state index in [2.05, 4.69) is 15.5 Å². The fraction of sp³-hybridized carbons (Fsp3) is 0.211. The van der Waals surface area contributed by atoms with Crippen LogP contribution in [0.3, 0.4) is 0 Å². The van der Waals surface area contributed by atoms with Gasteiger partial charge in [-0.2, -0.15) is 0 Å². The molecule has 0 bridgehead atoms. The molecule has 3 aromatic rings. The topological polar surface area (TPSA) is 59.8 Å². The fourth-order valence-corrected chi connectivity index (χ4v) is 3.36. The lowest BCUT2D eigenvalue weighted by atomic mass is 10.1. The van der Waals surface area contributed by atoms with Crippen molar-refractivity contribution in [2.75, 3.05) is 5.32 Å². The number of rotatable bonds is 5. The van der Waals surface area contributed by atoms with Gasteiger partial charge in [0.1, 0.15) is 0 Å². The van der Waals surface area contributed by atoms with Crippen LogP contribution < -0.4 is 5.32 Å². The first-order valence-corrected chi connectivity index (χ1v) is 9.24. The highest BCUT2D eigenvalue weighted by molar-refractivity contribution is 8.00. The van der Waals surface area contributed by atoms with Crippen LogP contribution in [0.25, 0.3) is 11.4 Å². The Morgan fingerprint density at radius 3 is 2.54 bits per heavy atom. The van der Waals surface area contributed by atoms with Gasteiger partial charge in [0.2, 0.25) is 5.91 Å². The second-order valence-corrected chi connectivity index (χ2v) is 7.46. The van der Waals surface area contributed by atoms with Crippen molar-refractivity contribution in [1.29, 1.82) is 0 Å². The van der Waals surface area contributed by atoms with E-state index in [0.29, 0.717) is 11.0 Å². The summed E-state index contributed by atoms with van der Waals surface area (Å²) in [5.41, 5.74) is 1.54. The third kappa shape index (κ3) is 3.89. The molecule has 9 heteroatoms. The number of carbonyl (C=O) groups is 1. The molecule has 1 atom stereocenters. The number of anilines is 1. The molecule has 28 heavy (non-hydrogen) atoms. The van der Waals surface area contributed by atoms with Crippen LogP contribution >= 0.6 is 11.8 Å². The normalized spacial score (nSPS) is 12.1. The van der Waals surface area contributed by atoms with Crippen molar-refractivity contribution in [2.24, 2.45) is 7.05 Å². The highest BCUT2D eigenvalue weighted by Crippen LogP contribution is 2.28. The van der Waals surface area contributed by atoms with Crippen molar-refractivity contribution in [3.63, 3.8) is 0 Å². The largest absolute Gasteiger partial charge is 0.323 e. The molecule has 0 radical (unpaired) electrons. The zero-order valence-corrected chi connectivity index (χ0v) is 16.1. The maximum atomic E-state index is 13.7. The number of hydrogen-bond donors (Lipinski definition) is 1. The predicted octanol–water partition coefficient (Wildman–Crippen LogP) is 4.33. The molecule has 0 saturated carbocycles. The molecular formula is C19H17F3N4OS. The van der Waals surface area contributed by atoms with Crippen molar-refractivity contribution in [2.45, 2.75) is 24.3 Å². The van der Waals surface area contributed by atoms with Gasteiger partial charge in [-0.25, -0.2) is 13.2 Å². The van der Waals surface area contributed by atoms with E-state index in [-0.39, 0.29) is 0 Å². The molecule has 0 saturated heterocycles. The molecule has 0 aliphatic carbocycles. The second-order valence-electron chi connectivity index (χ2n) is 6.15. The molecule has 0 aliphatic heterocycles. The van der Waals surface area contributed by atoms with E-state index in [1.165, 1.54) is 0 Å². The second kappa shape index (κ2) is 8.05. The van der Waals surface area contributed by atoms with Gasteiger partial charge in [0.15, 0.2) is 28.4 Å². The highest BCUT2D eigenvalue weighted by Gasteiger charge is 2.22. The van der Waals surface area contributed by atoms with Gasteiger partial charge >= 0.3 is 0 Å². The summed E-state index contributed by atoms with van der Waals surface area (Å²) in [5, 5.41) is 10.4. The Hall–Kier alpha value is -2.81. The van der Waals surface area contributed by atoms with Gasteiger partial charge in [-0.15, -0.1) is 10.2 Å². The number of carbonyl (C=O) groups excluding carboxylic acids is 1. The maximum absolute atomic E-state index is 13.7. The number of thioether (sulfide) groups is 1. The molecular weight excluding hydrogens is 389 g/mol. The van der Waals surface area contributed by atoms with Gasteiger partial charge in [-0.05, 0) is 31.5 Å². The third-order valence-electron chi connectivity index (χ3n) is 4.17. The highest BCUT2D eigenvalue weighted by atomic mass is 32.2. The lowest BCUT2D eigenvalue weighted by Crippen LogP contribution is -2.23. The van der Waals surface area contributed by atoms with Crippen LogP contribution in [0.4, 0.5) is 18.9 Å². The Morgan fingerprint density at radius 2 is 1.82 bits per heavy atom. The number of aromatic nitrogens is 3. The number of hydrogen-bond acceptors (Lipinski definition) is 4. The zero-order valence-electron chi connectivity index (χ0n) is 15.3. The molecule has 146 valence electrons. The van der Waals surface area contributed by atoms with Crippen molar-refractivity contribution >= 4 is 23.4 Å². The zero-order chi connectivity index (χ0) is 20.4. The molecule has 0 aliphatic rings. The minimum Gasteiger partial charge on any atom is -0.323 e. The Kier molecular flexibility index (Phi) is 5.73. The summed E-state index contributed by atoms with van der Waals surface area (Å²) in [7, 11) is 1.78. The average molecular weight is 406 g/mol. The summed E-state index contributed by atoms with van der Waals surface area (Å²) in [4.78, 5) is 12.3. The minimum absolute atomic E-state index is 0.421. The van der Waals surface area contributed by atoms with Gasteiger partial charge in [0.05, 0.1) is 10.9 Å². The summed E-state index contributed by atoms with van der Waals surface area (Å²) >= 11 is 1.12. The Morgan fingerprint density at radius 1 is 1.11 bits per heavy atom. The number of nitrogens with one attached hydrogen (secondary N) is 1. The number of amides is 1. The van der Waals surface area contributed by atoms with E-state index < -0.39 is 34.3 Å². The first kappa shape index (κ1) is 19.9. The summed E-state index contributed by atoms with van der Waals surface area (Å²) in [6, 6.07) is 9.44. The number of halogens is 3. The molecule has 0 unspecified atom stereocenters.